The number of aryl methyl sites for hydroxylation is 2. The van der Waals surface area contributed by atoms with Gasteiger partial charge in [-0.3, -0.25) is 4.79 Å². The van der Waals surface area contributed by atoms with Gasteiger partial charge in [0.05, 0.1) is 0 Å². The number of benzene rings is 2. The molecule has 0 unspecified atom stereocenters. The molecule has 28 heavy (non-hydrogen) atoms. The second kappa shape index (κ2) is 6.37. The smallest absolute Gasteiger partial charge is 0.255 e. The van der Waals surface area contributed by atoms with Crippen molar-refractivity contribution in [1.29, 1.82) is 0 Å². The molecule has 1 amide bonds. The maximum absolute atomic E-state index is 12.7. The van der Waals surface area contributed by atoms with Gasteiger partial charge >= 0.3 is 0 Å². The quantitative estimate of drug-likeness (QED) is 0.687. The summed E-state index contributed by atoms with van der Waals surface area (Å²) in [6.07, 6.45) is 8.51. The highest BCUT2D eigenvalue weighted by molar-refractivity contribution is 6.05. The molecule has 4 fully saturated rings. The van der Waals surface area contributed by atoms with Crippen LogP contribution in [0.25, 0.3) is 0 Å². The molecule has 2 aromatic rings. The lowest BCUT2D eigenvalue weighted by atomic mass is 9.48. The van der Waals surface area contributed by atoms with Gasteiger partial charge < -0.3 is 11.1 Å². The number of nitrogens with two attached hydrogens (primary N) is 1. The van der Waals surface area contributed by atoms with E-state index in [2.05, 4.69) is 30.4 Å². The summed E-state index contributed by atoms with van der Waals surface area (Å²) in [7, 11) is 0. The fourth-order valence-corrected chi connectivity index (χ4v) is 6.61. The number of nitrogens with one attached hydrogen (secondary N) is 1. The molecule has 146 valence electrons. The summed E-state index contributed by atoms with van der Waals surface area (Å²) < 4.78 is 0. The Morgan fingerprint density at radius 2 is 1.57 bits per heavy atom. The van der Waals surface area contributed by atoms with Crippen LogP contribution in [-0.2, 0) is 5.41 Å². The predicted octanol–water partition coefficient (Wildman–Crippen LogP) is 5.61. The number of nitrogen functional groups attached to an aromatic ring is 1. The third kappa shape index (κ3) is 2.92. The number of hydrogen-bond donors (Lipinski definition) is 2. The number of rotatable bonds is 3. The van der Waals surface area contributed by atoms with E-state index in [1.165, 1.54) is 44.1 Å². The van der Waals surface area contributed by atoms with Gasteiger partial charge in [0.15, 0.2) is 0 Å². The molecule has 0 aliphatic heterocycles. The molecule has 2 aromatic carbocycles. The molecule has 3 heteroatoms. The predicted molar refractivity (Wildman–Crippen MR) is 115 cm³/mol. The van der Waals surface area contributed by atoms with Crippen molar-refractivity contribution in [2.24, 2.45) is 17.8 Å². The van der Waals surface area contributed by atoms with Gasteiger partial charge in [-0.05, 0) is 116 Å². The average molecular weight is 375 g/mol. The second-order valence-corrected chi connectivity index (χ2v) is 9.75. The minimum atomic E-state index is -0.0752. The lowest BCUT2D eigenvalue weighted by molar-refractivity contribution is -0.00520. The highest BCUT2D eigenvalue weighted by Gasteiger charge is 2.51. The molecule has 4 aliphatic carbocycles. The first-order valence-electron chi connectivity index (χ1n) is 10.7. The van der Waals surface area contributed by atoms with Crippen molar-refractivity contribution in [2.45, 2.75) is 57.8 Å². The molecule has 4 bridgehead atoms. The van der Waals surface area contributed by atoms with Gasteiger partial charge in [0, 0.05) is 16.9 Å². The number of carbonyl (C=O) groups is 1. The maximum atomic E-state index is 12.7. The van der Waals surface area contributed by atoms with Crippen LogP contribution in [0.4, 0.5) is 11.4 Å². The Morgan fingerprint density at radius 3 is 2.14 bits per heavy atom. The average Bonchev–Trinajstić information content (AvgIpc) is 2.64. The molecular formula is C25H30N2O. The normalized spacial score (nSPS) is 30.4. The van der Waals surface area contributed by atoms with Gasteiger partial charge in [0.2, 0.25) is 0 Å². The highest BCUT2D eigenvalue weighted by atomic mass is 16.1. The Morgan fingerprint density at radius 1 is 0.929 bits per heavy atom. The van der Waals surface area contributed by atoms with Crippen molar-refractivity contribution in [1.82, 2.24) is 0 Å². The van der Waals surface area contributed by atoms with Crippen LogP contribution < -0.4 is 11.1 Å². The second-order valence-electron chi connectivity index (χ2n) is 9.75. The van der Waals surface area contributed by atoms with E-state index in [0.717, 1.165) is 34.6 Å². The van der Waals surface area contributed by atoms with Gasteiger partial charge in [-0.15, -0.1) is 0 Å². The molecular weight excluding hydrogens is 344 g/mol. The fraction of sp³-hybridized carbons (Fsp3) is 0.480. The van der Waals surface area contributed by atoms with Crippen molar-refractivity contribution in [2.75, 3.05) is 11.1 Å². The highest BCUT2D eigenvalue weighted by Crippen LogP contribution is 2.60. The molecule has 3 N–H and O–H groups in total. The SMILES string of the molecule is Cc1cc(C(=O)Nc2ccc(C34CC5CC(CC(C5)C3)C4)cc2C)ccc1N. The van der Waals surface area contributed by atoms with E-state index in [9.17, 15) is 4.79 Å². The number of amides is 1. The van der Waals surface area contributed by atoms with Crippen LogP contribution in [-0.4, -0.2) is 5.91 Å². The van der Waals surface area contributed by atoms with Crippen molar-refractivity contribution in [3.63, 3.8) is 0 Å². The molecule has 0 heterocycles. The first-order chi connectivity index (χ1) is 13.4. The standard InChI is InChI=1S/C25H30N2O/c1-15-7-20(3-5-22(15)26)24(28)27-23-6-4-21(8-16(23)2)25-12-17-9-18(13-25)11-19(10-17)14-25/h3-8,17-19H,9-14,26H2,1-2H3,(H,27,28). The van der Waals surface area contributed by atoms with Gasteiger partial charge in [-0.2, -0.15) is 0 Å². The van der Waals surface area contributed by atoms with E-state index in [1.807, 2.05) is 13.0 Å². The van der Waals surface area contributed by atoms with Gasteiger partial charge in [-0.1, -0.05) is 12.1 Å². The zero-order valence-corrected chi connectivity index (χ0v) is 16.9. The number of hydrogen-bond acceptors (Lipinski definition) is 2. The van der Waals surface area contributed by atoms with Crippen LogP contribution in [0.1, 0.15) is 65.6 Å². The van der Waals surface area contributed by atoms with Gasteiger partial charge in [0.25, 0.3) is 5.91 Å². The Bertz CT molecular complexity index is 910. The molecule has 0 aromatic heterocycles. The van der Waals surface area contributed by atoms with Crippen LogP contribution in [0.15, 0.2) is 36.4 Å². The summed E-state index contributed by atoms with van der Waals surface area (Å²) in [5.74, 6) is 2.76. The molecule has 0 spiro atoms. The molecule has 4 saturated carbocycles. The van der Waals surface area contributed by atoms with E-state index in [-0.39, 0.29) is 5.91 Å². The third-order valence-electron chi connectivity index (χ3n) is 7.66. The summed E-state index contributed by atoms with van der Waals surface area (Å²) in [5.41, 5.74) is 12.1. The Kier molecular flexibility index (Phi) is 4.04. The molecule has 0 atom stereocenters. The minimum absolute atomic E-state index is 0.0752. The zero-order chi connectivity index (χ0) is 19.5. The fourth-order valence-electron chi connectivity index (χ4n) is 6.61. The molecule has 3 nitrogen and oxygen atoms in total. The van der Waals surface area contributed by atoms with E-state index in [0.29, 0.717) is 16.7 Å². The third-order valence-corrected chi connectivity index (χ3v) is 7.66. The van der Waals surface area contributed by atoms with Crippen molar-refractivity contribution >= 4 is 17.3 Å². The zero-order valence-electron chi connectivity index (χ0n) is 16.9. The van der Waals surface area contributed by atoms with Crippen LogP contribution in [0, 0.1) is 31.6 Å². The lowest BCUT2D eigenvalue weighted by Crippen LogP contribution is -2.48. The van der Waals surface area contributed by atoms with Crippen LogP contribution >= 0.6 is 0 Å². The van der Waals surface area contributed by atoms with E-state index in [1.54, 1.807) is 12.1 Å². The van der Waals surface area contributed by atoms with Crippen molar-refractivity contribution in [3.05, 3.63) is 58.7 Å². The first-order valence-corrected chi connectivity index (χ1v) is 10.7. The minimum Gasteiger partial charge on any atom is -0.399 e. The van der Waals surface area contributed by atoms with E-state index in [4.69, 9.17) is 5.73 Å². The Labute approximate surface area is 167 Å². The molecule has 4 aliphatic rings. The van der Waals surface area contributed by atoms with Crippen molar-refractivity contribution < 1.29 is 4.79 Å². The monoisotopic (exact) mass is 374 g/mol. The van der Waals surface area contributed by atoms with Crippen LogP contribution in [0.2, 0.25) is 0 Å². The van der Waals surface area contributed by atoms with Crippen LogP contribution in [0.3, 0.4) is 0 Å². The van der Waals surface area contributed by atoms with Gasteiger partial charge in [-0.25, -0.2) is 0 Å². The van der Waals surface area contributed by atoms with Crippen molar-refractivity contribution in [3.8, 4) is 0 Å². The van der Waals surface area contributed by atoms with Gasteiger partial charge in [0.1, 0.15) is 0 Å². The summed E-state index contributed by atoms with van der Waals surface area (Å²) in [6, 6.07) is 12.2. The number of anilines is 2. The summed E-state index contributed by atoms with van der Waals surface area (Å²) in [4.78, 5) is 12.7. The van der Waals surface area contributed by atoms with E-state index >= 15 is 0 Å². The Hall–Kier alpha value is -2.29. The Balaban J connectivity index is 1.38. The molecule has 0 saturated heterocycles. The van der Waals surface area contributed by atoms with E-state index < -0.39 is 0 Å². The summed E-state index contributed by atoms with van der Waals surface area (Å²) >= 11 is 0. The summed E-state index contributed by atoms with van der Waals surface area (Å²) in [5, 5.41) is 3.09. The van der Waals surface area contributed by atoms with Crippen LogP contribution in [0.5, 0.6) is 0 Å². The largest absolute Gasteiger partial charge is 0.399 e. The number of carbonyl (C=O) groups excluding carboxylic acids is 1. The molecule has 0 radical (unpaired) electrons. The summed E-state index contributed by atoms with van der Waals surface area (Å²) in [6.45, 7) is 4.05. The maximum Gasteiger partial charge on any atom is 0.255 e. The topological polar surface area (TPSA) is 55.1 Å². The molecule has 6 rings (SSSR count). The lowest BCUT2D eigenvalue weighted by Gasteiger charge is -2.57. The first kappa shape index (κ1) is 17.8.